The van der Waals surface area contributed by atoms with Gasteiger partial charge in [-0.2, -0.15) is 0 Å². The number of ether oxygens (including phenoxy) is 3. The number of carbonyl (C=O) groups is 2. The van der Waals surface area contributed by atoms with Crippen molar-refractivity contribution in [2.45, 2.75) is 384 Å². The maximum absolute atomic E-state index is 13.5. The van der Waals surface area contributed by atoms with Crippen LogP contribution in [0.1, 0.15) is 335 Å². The van der Waals surface area contributed by atoms with E-state index >= 15 is 0 Å². The van der Waals surface area contributed by atoms with Crippen LogP contribution >= 0.6 is 0 Å². The number of rotatable bonds is 65. The van der Waals surface area contributed by atoms with E-state index in [0.717, 1.165) is 103 Å². The van der Waals surface area contributed by atoms with Crippen molar-refractivity contribution in [2.24, 2.45) is 0 Å². The van der Waals surface area contributed by atoms with Crippen LogP contribution in [0.5, 0.6) is 0 Å². The van der Waals surface area contributed by atoms with Crippen molar-refractivity contribution in [3.8, 4) is 0 Å². The van der Waals surface area contributed by atoms with Gasteiger partial charge in [0.1, 0.15) is 24.4 Å². The van der Waals surface area contributed by atoms with E-state index in [1.165, 1.54) is 186 Å². The minimum atomic E-state index is -1.62. The Labute approximate surface area is 558 Å². The second kappa shape index (κ2) is 66.6. The molecule has 0 aliphatic carbocycles. The molecule has 6 N–H and O–H groups in total. The molecule has 91 heavy (non-hydrogen) atoms. The van der Waals surface area contributed by atoms with Crippen molar-refractivity contribution in [3.05, 3.63) is 97.2 Å². The largest absolute Gasteiger partial charge is 0.454 e. The van der Waals surface area contributed by atoms with E-state index in [0.29, 0.717) is 12.8 Å². The number of nitrogens with one attached hydrogen (secondary N) is 1. The average Bonchev–Trinajstić information content (AvgIpc) is 1.11. The van der Waals surface area contributed by atoms with Gasteiger partial charge >= 0.3 is 5.97 Å². The Balaban J connectivity index is 2.54. The fourth-order valence-corrected chi connectivity index (χ4v) is 11.5. The molecular weight excluding hydrogens is 1130 g/mol. The smallest absolute Gasteiger partial charge is 0.306 e. The van der Waals surface area contributed by atoms with Gasteiger partial charge in [-0.15, -0.1) is 0 Å². The van der Waals surface area contributed by atoms with Crippen LogP contribution < -0.4 is 5.32 Å². The molecule has 526 valence electrons. The summed E-state index contributed by atoms with van der Waals surface area (Å²) in [5, 5.41) is 57.4. The average molecular weight is 1280 g/mol. The van der Waals surface area contributed by atoms with Gasteiger partial charge in [-0.05, 0) is 103 Å². The molecule has 1 fully saturated rings. The van der Waals surface area contributed by atoms with Crippen LogP contribution in [0, 0.1) is 0 Å². The van der Waals surface area contributed by atoms with Gasteiger partial charge in [-0.3, -0.25) is 9.59 Å². The highest BCUT2D eigenvalue weighted by Gasteiger charge is 2.47. The number of aliphatic hydroxyl groups excluding tert-OH is 5. The van der Waals surface area contributed by atoms with E-state index in [4.69, 9.17) is 14.2 Å². The van der Waals surface area contributed by atoms with Crippen molar-refractivity contribution >= 4 is 11.9 Å². The number of carbonyl (C=O) groups excluding carboxylic acids is 2. The summed E-state index contributed by atoms with van der Waals surface area (Å²) in [4.78, 5) is 26.8. The summed E-state index contributed by atoms with van der Waals surface area (Å²) in [7, 11) is 0. The Morgan fingerprint density at radius 1 is 0.440 bits per heavy atom. The van der Waals surface area contributed by atoms with Gasteiger partial charge in [-0.25, -0.2) is 0 Å². The normalized spacial score (nSPS) is 18.5. The first kappa shape index (κ1) is 85.6. The highest BCUT2D eigenvalue weighted by atomic mass is 16.7. The lowest BCUT2D eigenvalue weighted by Gasteiger charge is -2.41. The topological polar surface area (TPSA) is 175 Å². The van der Waals surface area contributed by atoms with Crippen LogP contribution in [0.3, 0.4) is 0 Å². The van der Waals surface area contributed by atoms with E-state index < -0.39 is 67.4 Å². The van der Waals surface area contributed by atoms with Gasteiger partial charge in [-0.1, -0.05) is 323 Å². The standard InChI is InChI=1S/C80H141NO10/c1-4-7-10-13-16-19-22-25-27-29-31-33-35-36-37-38-39-41-43-45-47-50-53-56-59-62-65-68-75(85)91-78-77(87)76(86)74(69-82)90-80(78)89-70-71(72(83)66-63-60-57-54-51-48-24-21-18-15-12-9-6-3)81-79(88)73(84)67-64-61-58-55-52-49-46-44-42-40-34-32-30-28-26-23-20-17-14-11-8-5-2/h7,10,16-17,19-20,25-28,31,33,36-37,63,66,71-74,76-78,80,82-84,86-87H,4-6,8-9,11-15,18,21-24,29-30,32,34-35,38-62,64-65,67-70H2,1-3H3,(H,81,88)/b10-7-,19-16-,20-17-,27-25-,28-26-,33-31-,37-36-,66-63+. The highest BCUT2D eigenvalue weighted by molar-refractivity contribution is 5.80. The highest BCUT2D eigenvalue weighted by Crippen LogP contribution is 2.26. The Morgan fingerprint density at radius 2 is 0.791 bits per heavy atom. The third-order valence-corrected chi connectivity index (χ3v) is 17.5. The van der Waals surface area contributed by atoms with Crippen molar-refractivity contribution in [2.75, 3.05) is 13.2 Å². The van der Waals surface area contributed by atoms with E-state index in [-0.39, 0.29) is 19.4 Å². The minimum absolute atomic E-state index is 0.116. The summed E-state index contributed by atoms with van der Waals surface area (Å²) in [6.07, 6.45) is 80.1. The molecule has 0 aromatic rings. The molecule has 11 nitrogen and oxygen atoms in total. The summed E-state index contributed by atoms with van der Waals surface area (Å²) < 4.78 is 17.7. The first-order valence-electron chi connectivity index (χ1n) is 38.0. The molecule has 1 rings (SSSR count). The number of hydrogen-bond donors (Lipinski definition) is 6. The first-order valence-corrected chi connectivity index (χ1v) is 38.0. The quantitative estimate of drug-likeness (QED) is 0.0195. The molecule has 8 atom stereocenters. The van der Waals surface area contributed by atoms with Crippen molar-refractivity contribution in [1.29, 1.82) is 0 Å². The van der Waals surface area contributed by atoms with Crippen LogP contribution in [-0.4, -0.2) is 99.6 Å². The third kappa shape index (κ3) is 53.5. The molecule has 1 aliphatic heterocycles. The van der Waals surface area contributed by atoms with Gasteiger partial charge in [0.2, 0.25) is 5.91 Å². The zero-order valence-electron chi connectivity index (χ0n) is 58.7. The molecule has 0 aromatic heterocycles. The number of unbranched alkanes of at least 4 members (excludes halogenated alkanes) is 37. The number of esters is 1. The van der Waals surface area contributed by atoms with Crippen LogP contribution in [0.2, 0.25) is 0 Å². The molecule has 0 saturated carbocycles. The lowest BCUT2D eigenvalue weighted by Crippen LogP contribution is -2.61. The van der Waals surface area contributed by atoms with Gasteiger partial charge < -0.3 is 45.1 Å². The molecule has 0 spiro atoms. The lowest BCUT2D eigenvalue weighted by atomic mass is 9.99. The maximum Gasteiger partial charge on any atom is 0.306 e. The fraction of sp³-hybridized carbons (Fsp3) is 0.775. The Bertz CT molecular complexity index is 1860. The predicted molar refractivity (Wildman–Crippen MR) is 384 cm³/mol. The molecular formula is C80H141NO10. The fourth-order valence-electron chi connectivity index (χ4n) is 11.5. The molecule has 0 bridgehead atoms. The predicted octanol–water partition coefficient (Wildman–Crippen LogP) is 20.2. The van der Waals surface area contributed by atoms with Crippen molar-refractivity contribution in [1.82, 2.24) is 5.32 Å². The van der Waals surface area contributed by atoms with Crippen LogP contribution in [-0.2, 0) is 23.8 Å². The molecule has 1 aliphatic rings. The van der Waals surface area contributed by atoms with Crippen LogP contribution in [0.15, 0.2) is 97.2 Å². The van der Waals surface area contributed by atoms with Gasteiger partial charge in [0.15, 0.2) is 12.4 Å². The summed E-state index contributed by atoms with van der Waals surface area (Å²) in [5.74, 6) is -1.19. The monoisotopic (exact) mass is 1280 g/mol. The summed E-state index contributed by atoms with van der Waals surface area (Å²) in [6.45, 7) is 5.69. The Kier molecular flexibility index (Phi) is 62.6. The van der Waals surface area contributed by atoms with Crippen LogP contribution in [0.25, 0.3) is 0 Å². The van der Waals surface area contributed by atoms with Crippen molar-refractivity contribution < 1.29 is 49.3 Å². The zero-order chi connectivity index (χ0) is 66.0. The second-order valence-electron chi connectivity index (χ2n) is 26.0. The second-order valence-corrected chi connectivity index (χ2v) is 26.0. The molecule has 1 saturated heterocycles. The third-order valence-electron chi connectivity index (χ3n) is 17.5. The van der Waals surface area contributed by atoms with Crippen LogP contribution in [0.4, 0.5) is 0 Å². The summed E-state index contributed by atoms with van der Waals surface area (Å²) >= 11 is 0. The molecule has 8 unspecified atom stereocenters. The minimum Gasteiger partial charge on any atom is -0.454 e. The Morgan fingerprint density at radius 3 is 1.21 bits per heavy atom. The molecule has 11 heteroatoms. The van der Waals surface area contributed by atoms with E-state index in [1.54, 1.807) is 6.08 Å². The number of hydrogen-bond acceptors (Lipinski definition) is 10. The summed E-state index contributed by atoms with van der Waals surface area (Å²) in [6, 6.07) is -1.03. The van der Waals surface area contributed by atoms with E-state index in [9.17, 15) is 35.1 Å². The van der Waals surface area contributed by atoms with Gasteiger partial charge in [0, 0.05) is 6.42 Å². The zero-order valence-corrected chi connectivity index (χ0v) is 58.7. The van der Waals surface area contributed by atoms with Gasteiger partial charge in [0.05, 0.1) is 25.4 Å². The van der Waals surface area contributed by atoms with E-state index in [2.05, 4.69) is 111 Å². The number of allylic oxidation sites excluding steroid dienone is 15. The lowest BCUT2D eigenvalue weighted by molar-refractivity contribution is -0.305. The maximum atomic E-state index is 13.5. The first-order chi connectivity index (χ1) is 44.7. The SMILES string of the molecule is CC/C=C\C/C=C\C/C=C\C/C=C\C/C=C\CCCCCCCCCCCCCC(=O)OC1C(OCC(NC(=O)C(O)CCCCCCCCCCCCCC/C=C\C/C=C\CCCCC)C(O)/C=C/CCCCCCCCCCCCC)OC(CO)C(O)C1O. The molecule has 0 radical (unpaired) electrons. The molecule has 0 aromatic carbocycles. The number of amides is 1. The van der Waals surface area contributed by atoms with Crippen molar-refractivity contribution in [3.63, 3.8) is 0 Å². The molecule has 1 heterocycles. The molecule has 1 amide bonds. The summed E-state index contributed by atoms with van der Waals surface area (Å²) in [5.41, 5.74) is 0. The van der Waals surface area contributed by atoms with E-state index in [1.807, 2.05) is 6.08 Å². The number of aliphatic hydroxyl groups is 5. The van der Waals surface area contributed by atoms with Gasteiger partial charge in [0.25, 0.3) is 0 Å². The Hall–Kier alpha value is -3.42.